The Balaban J connectivity index is 2.09. The number of allylic oxidation sites excluding steroid dienone is 1. The molecule has 0 aliphatic carbocycles. The molecule has 0 saturated heterocycles. The predicted octanol–water partition coefficient (Wildman–Crippen LogP) is 3.43. The first kappa shape index (κ1) is 19.7. The van der Waals surface area contributed by atoms with Gasteiger partial charge in [-0.2, -0.15) is 8.78 Å². The quantitative estimate of drug-likeness (QED) is 0.544. The molecule has 0 atom stereocenters. The molecule has 2 aromatic carbocycles. The van der Waals surface area contributed by atoms with Crippen molar-refractivity contribution in [3.05, 3.63) is 65.7 Å². The maximum Gasteiger partial charge on any atom is 0.387 e. The molecule has 8 heteroatoms. The molecule has 0 fully saturated rings. The van der Waals surface area contributed by atoms with Crippen LogP contribution in [0.5, 0.6) is 5.75 Å². The molecule has 0 heterocycles. The fraction of sp³-hybridized carbons (Fsp3) is 0.167. The Kier molecular flexibility index (Phi) is 6.23. The van der Waals surface area contributed by atoms with Gasteiger partial charge in [-0.05, 0) is 48.0 Å². The van der Waals surface area contributed by atoms with Crippen molar-refractivity contribution < 1.29 is 26.7 Å². The summed E-state index contributed by atoms with van der Waals surface area (Å²) >= 11 is 0. The average molecular weight is 381 g/mol. The van der Waals surface area contributed by atoms with Crippen LogP contribution < -0.4 is 4.74 Å². The summed E-state index contributed by atoms with van der Waals surface area (Å²) in [4.78, 5) is 12.2. The van der Waals surface area contributed by atoms with Gasteiger partial charge in [-0.25, -0.2) is 12.7 Å². The number of carbonyl (C=O) groups is 1. The van der Waals surface area contributed by atoms with Crippen LogP contribution in [-0.2, 0) is 10.0 Å². The summed E-state index contributed by atoms with van der Waals surface area (Å²) in [5.74, 6) is -0.284. The highest BCUT2D eigenvalue weighted by molar-refractivity contribution is 7.89. The van der Waals surface area contributed by atoms with Crippen molar-refractivity contribution in [2.75, 3.05) is 14.1 Å². The third kappa shape index (κ3) is 4.96. The number of alkyl halides is 2. The Morgan fingerprint density at radius 2 is 1.62 bits per heavy atom. The van der Waals surface area contributed by atoms with Gasteiger partial charge in [0.2, 0.25) is 10.0 Å². The van der Waals surface area contributed by atoms with E-state index < -0.39 is 16.6 Å². The SMILES string of the molecule is CN(C)S(=O)(=O)c1ccc(C(=O)C=Cc2ccc(OC(F)F)cc2)cc1. The van der Waals surface area contributed by atoms with Crippen LogP contribution >= 0.6 is 0 Å². The van der Waals surface area contributed by atoms with Crippen molar-refractivity contribution >= 4 is 21.9 Å². The van der Waals surface area contributed by atoms with E-state index >= 15 is 0 Å². The number of benzene rings is 2. The number of halogens is 2. The molecule has 0 N–H and O–H groups in total. The number of hydrogen-bond acceptors (Lipinski definition) is 4. The van der Waals surface area contributed by atoms with E-state index in [-0.39, 0.29) is 16.4 Å². The lowest BCUT2D eigenvalue weighted by Crippen LogP contribution is -2.22. The summed E-state index contributed by atoms with van der Waals surface area (Å²) < 4.78 is 53.5. The van der Waals surface area contributed by atoms with Gasteiger partial charge in [0.25, 0.3) is 0 Å². The summed E-state index contributed by atoms with van der Waals surface area (Å²) in [6.07, 6.45) is 2.84. The van der Waals surface area contributed by atoms with Crippen LogP contribution in [0, 0.1) is 0 Å². The highest BCUT2D eigenvalue weighted by Crippen LogP contribution is 2.17. The summed E-state index contributed by atoms with van der Waals surface area (Å²) in [7, 11) is -0.698. The van der Waals surface area contributed by atoms with E-state index in [0.29, 0.717) is 11.1 Å². The van der Waals surface area contributed by atoms with Gasteiger partial charge in [0, 0.05) is 19.7 Å². The topological polar surface area (TPSA) is 63.7 Å². The summed E-state index contributed by atoms with van der Waals surface area (Å²) in [6.45, 7) is -2.89. The van der Waals surface area contributed by atoms with Crippen molar-refractivity contribution in [3.8, 4) is 5.75 Å². The molecule has 138 valence electrons. The minimum Gasteiger partial charge on any atom is -0.435 e. The second kappa shape index (κ2) is 8.20. The first-order chi connectivity index (χ1) is 12.2. The van der Waals surface area contributed by atoms with Crippen molar-refractivity contribution in [1.29, 1.82) is 0 Å². The number of ketones is 1. The number of ether oxygens (including phenoxy) is 1. The molecule has 0 unspecified atom stereocenters. The lowest BCUT2D eigenvalue weighted by atomic mass is 10.1. The zero-order chi connectivity index (χ0) is 19.3. The number of rotatable bonds is 7. The van der Waals surface area contributed by atoms with Gasteiger partial charge in [-0.3, -0.25) is 4.79 Å². The molecule has 0 saturated carbocycles. The Bertz CT molecular complexity index is 890. The lowest BCUT2D eigenvalue weighted by molar-refractivity contribution is -0.0498. The Labute approximate surface area is 150 Å². The third-order valence-electron chi connectivity index (χ3n) is 3.45. The van der Waals surface area contributed by atoms with Crippen LogP contribution in [-0.4, -0.2) is 39.2 Å². The van der Waals surface area contributed by atoms with Crippen molar-refractivity contribution in [2.45, 2.75) is 11.5 Å². The molecule has 0 aliphatic heterocycles. The van der Waals surface area contributed by atoms with Crippen molar-refractivity contribution in [3.63, 3.8) is 0 Å². The number of hydrogen-bond donors (Lipinski definition) is 0. The Morgan fingerprint density at radius 1 is 1.04 bits per heavy atom. The highest BCUT2D eigenvalue weighted by atomic mass is 32.2. The predicted molar refractivity (Wildman–Crippen MR) is 93.8 cm³/mol. The van der Waals surface area contributed by atoms with Gasteiger partial charge in [-0.15, -0.1) is 0 Å². The number of carbonyl (C=O) groups excluding carboxylic acids is 1. The fourth-order valence-electron chi connectivity index (χ4n) is 2.03. The van der Waals surface area contributed by atoms with Gasteiger partial charge in [0.15, 0.2) is 5.78 Å². The van der Waals surface area contributed by atoms with E-state index in [1.165, 1.54) is 74.8 Å². The zero-order valence-corrected chi connectivity index (χ0v) is 14.9. The number of nitrogens with zero attached hydrogens (tertiary/aromatic N) is 1. The smallest absolute Gasteiger partial charge is 0.387 e. The van der Waals surface area contributed by atoms with Crippen LogP contribution in [0.1, 0.15) is 15.9 Å². The standard InChI is InChI=1S/C18H17F2NO4S/c1-21(2)26(23,24)16-10-6-14(7-11-16)17(22)12-5-13-3-8-15(9-4-13)25-18(19)20/h3-12,18H,1-2H3. The van der Waals surface area contributed by atoms with Crippen LogP contribution in [0.25, 0.3) is 6.08 Å². The molecular weight excluding hydrogens is 364 g/mol. The Hall–Kier alpha value is -2.58. The zero-order valence-electron chi connectivity index (χ0n) is 14.1. The minimum absolute atomic E-state index is 0.0289. The van der Waals surface area contributed by atoms with Gasteiger partial charge in [-0.1, -0.05) is 18.2 Å². The second-order valence-electron chi connectivity index (χ2n) is 5.46. The summed E-state index contributed by atoms with van der Waals surface area (Å²) in [5.41, 5.74) is 0.961. The molecular formula is C18H17F2NO4S. The molecule has 0 aromatic heterocycles. The fourth-order valence-corrected chi connectivity index (χ4v) is 2.93. The van der Waals surface area contributed by atoms with E-state index in [9.17, 15) is 22.0 Å². The largest absolute Gasteiger partial charge is 0.435 e. The third-order valence-corrected chi connectivity index (χ3v) is 5.28. The molecule has 2 aromatic rings. The van der Waals surface area contributed by atoms with Crippen molar-refractivity contribution in [1.82, 2.24) is 4.31 Å². The van der Waals surface area contributed by atoms with E-state index in [4.69, 9.17) is 0 Å². The normalized spacial score (nSPS) is 12.1. The van der Waals surface area contributed by atoms with Crippen LogP contribution in [0.3, 0.4) is 0 Å². The molecule has 0 aliphatic rings. The first-order valence-corrected chi connectivity index (χ1v) is 8.94. The van der Waals surface area contributed by atoms with Crippen LogP contribution in [0.4, 0.5) is 8.78 Å². The molecule has 0 amide bonds. The summed E-state index contributed by atoms with van der Waals surface area (Å²) in [5, 5.41) is 0. The maximum absolute atomic E-state index is 12.2. The summed E-state index contributed by atoms with van der Waals surface area (Å²) in [6, 6.07) is 11.4. The van der Waals surface area contributed by atoms with Crippen LogP contribution in [0.15, 0.2) is 59.5 Å². The van der Waals surface area contributed by atoms with Gasteiger partial charge >= 0.3 is 6.61 Å². The molecule has 5 nitrogen and oxygen atoms in total. The second-order valence-corrected chi connectivity index (χ2v) is 7.61. The molecule has 0 radical (unpaired) electrons. The lowest BCUT2D eigenvalue weighted by Gasteiger charge is -2.11. The first-order valence-electron chi connectivity index (χ1n) is 7.50. The minimum atomic E-state index is -3.55. The van der Waals surface area contributed by atoms with Gasteiger partial charge < -0.3 is 4.74 Å². The van der Waals surface area contributed by atoms with E-state index in [2.05, 4.69) is 4.74 Å². The van der Waals surface area contributed by atoms with Gasteiger partial charge in [0.05, 0.1) is 4.90 Å². The highest BCUT2D eigenvalue weighted by Gasteiger charge is 2.17. The average Bonchev–Trinajstić information content (AvgIpc) is 2.60. The molecule has 2 rings (SSSR count). The monoisotopic (exact) mass is 381 g/mol. The van der Waals surface area contributed by atoms with Crippen LogP contribution in [0.2, 0.25) is 0 Å². The van der Waals surface area contributed by atoms with E-state index in [1.54, 1.807) is 0 Å². The molecule has 0 bridgehead atoms. The molecule has 26 heavy (non-hydrogen) atoms. The van der Waals surface area contributed by atoms with E-state index in [1.807, 2.05) is 0 Å². The molecule has 0 spiro atoms. The number of sulfonamides is 1. The van der Waals surface area contributed by atoms with E-state index in [0.717, 1.165) is 4.31 Å². The maximum atomic E-state index is 12.2. The van der Waals surface area contributed by atoms with Gasteiger partial charge in [0.1, 0.15) is 5.75 Å². The van der Waals surface area contributed by atoms with Crippen molar-refractivity contribution in [2.24, 2.45) is 0 Å². The Morgan fingerprint density at radius 3 is 2.12 bits per heavy atom.